The van der Waals surface area contributed by atoms with Crippen molar-refractivity contribution in [3.63, 3.8) is 0 Å². The molecule has 0 heterocycles. The summed E-state index contributed by atoms with van der Waals surface area (Å²) in [6.07, 6.45) is 0.675. The van der Waals surface area contributed by atoms with Crippen molar-refractivity contribution in [2.75, 3.05) is 0 Å². The van der Waals surface area contributed by atoms with Crippen molar-refractivity contribution in [3.05, 3.63) is 23.8 Å². The molecule has 21 heavy (non-hydrogen) atoms. The summed E-state index contributed by atoms with van der Waals surface area (Å²) in [5.74, 6) is -2.24. The minimum atomic E-state index is -1.18. The molecule has 7 heteroatoms. The van der Waals surface area contributed by atoms with Crippen molar-refractivity contribution in [1.29, 1.82) is 0 Å². The van der Waals surface area contributed by atoms with E-state index in [9.17, 15) is 19.8 Å². The molecule has 2 atom stereocenters. The largest absolute Gasteiger partial charge is 0.504 e. The monoisotopic (exact) mass is 296 g/mol. The first-order valence-electron chi connectivity index (χ1n) is 6.62. The molecule has 1 aromatic carbocycles. The number of nitrogens with two attached hydrogens (primary N) is 1. The van der Waals surface area contributed by atoms with Crippen LogP contribution in [0.4, 0.5) is 0 Å². The molecule has 0 spiro atoms. The van der Waals surface area contributed by atoms with E-state index in [4.69, 9.17) is 10.8 Å². The third kappa shape index (κ3) is 5.31. The number of benzene rings is 1. The van der Waals surface area contributed by atoms with Crippen LogP contribution in [0.5, 0.6) is 11.5 Å². The summed E-state index contributed by atoms with van der Waals surface area (Å²) in [5, 5.41) is 30.1. The average molecular weight is 296 g/mol. The second-order valence-corrected chi connectivity index (χ2v) is 4.86. The van der Waals surface area contributed by atoms with E-state index in [0.29, 0.717) is 12.0 Å². The topological polar surface area (TPSA) is 133 Å². The number of carboxylic acid groups (broad SMARTS) is 1. The first-order chi connectivity index (χ1) is 9.83. The number of phenols is 2. The Morgan fingerprint density at radius 3 is 2.48 bits per heavy atom. The number of carbonyl (C=O) groups excluding carboxylic acids is 1. The molecule has 0 aromatic heterocycles. The van der Waals surface area contributed by atoms with Crippen LogP contribution in [0.15, 0.2) is 18.2 Å². The van der Waals surface area contributed by atoms with Crippen LogP contribution in [0.25, 0.3) is 0 Å². The minimum Gasteiger partial charge on any atom is -0.504 e. The number of rotatable bonds is 7. The van der Waals surface area contributed by atoms with Crippen molar-refractivity contribution < 1.29 is 24.9 Å². The normalized spacial score (nSPS) is 13.4. The van der Waals surface area contributed by atoms with Gasteiger partial charge in [0, 0.05) is 18.9 Å². The maximum absolute atomic E-state index is 11.7. The highest BCUT2D eigenvalue weighted by Gasteiger charge is 2.21. The Bertz CT molecular complexity index is 518. The molecule has 0 bridgehead atoms. The highest BCUT2D eigenvalue weighted by molar-refractivity contribution is 5.84. The van der Waals surface area contributed by atoms with Crippen LogP contribution >= 0.6 is 0 Å². The van der Waals surface area contributed by atoms with Gasteiger partial charge >= 0.3 is 5.97 Å². The first-order valence-corrected chi connectivity index (χ1v) is 6.62. The van der Waals surface area contributed by atoms with E-state index in [1.54, 1.807) is 0 Å². The third-order valence-electron chi connectivity index (χ3n) is 3.08. The predicted octanol–water partition coefficient (Wildman–Crippen LogP) is 0.337. The van der Waals surface area contributed by atoms with Crippen molar-refractivity contribution in [3.8, 4) is 11.5 Å². The van der Waals surface area contributed by atoms with Gasteiger partial charge in [0.05, 0.1) is 0 Å². The Kier molecular flexibility index (Phi) is 5.98. The van der Waals surface area contributed by atoms with Gasteiger partial charge in [-0.25, -0.2) is 4.79 Å². The summed E-state index contributed by atoms with van der Waals surface area (Å²) in [4.78, 5) is 22.9. The van der Waals surface area contributed by atoms with Gasteiger partial charge in [-0.3, -0.25) is 4.79 Å². The zero-order chi connectivity index (χ0) is 16.0. The summed E-state index contributed by atoms with van der Waals surface area (Å²) in [7, 11) is 0. The van der Waals surface area contributed by atoms with E-state index in [0.717, 1.165) is 0 Å². The molecule has 0 aliphatic carbocycles. The SMILES string of the molecule is CCC(N)CC(=O)NC(Cc1ccc(O)c(O)c1)C(=O)O. The molecule has 2 unspecified atom stereocenters. The Hall–Kier alpha value is -2.28. The molecular formula is C14H20N2O5. The summed E-state index contributed by atoms with van der Waals surface area (Å²) >= 11 is 0. The molecule has 0 aliphatic heterocycles. The zero-order valence-electron chi connectivity index (χ0n) is 11.7. The first kappa shape index (κ1) is 16.8. The second-order valence-electron chi connectivity index (χ2n) is 4.86. The lowest BCUT2D eigenvalue weighted by Crippen LogP contribution is -2.44. The van der Waals surface area contributed by atoms with Crippen LogP contribution in [0.1, 0.15) is 25.3 Å². The molecule has 116 valence electrons. The van der Waals surface area contributed by atoms with Crippen LogP contribution in [-0.2, 0) is 16.0 Å². The fourth-order valence-corrected chi connectivity index (χ4v) is 1.77. The smallest absolute Gasteiger partial charge is 0.326 e. The summed E-state index contributed by atoms with van der Waals surface area (Å²) in [5.41, 5.74) is 6.13. The minimum absolute atomic E-state index is 0.00369. The maximum Gasteiger partial charge on any atom is 0.326 e. The molecule has 0 saturated carbocycles. The third-order valence-corrected chi connectivity index (χ3v) is 3.08. The lowest BCUT2D eigenvalue weighted by molar-refractivity contribution is -0.141. The van der Waals surface area contributed by atoms with Crippen molar-refractivity contribution in [2.24, 2.45) is 5.73 Å². The van der Waals surface area contributed by atoms with Gasteiger partial charge < -0.3 is 26.4 Å². The molecule has 6 N–H and O–H groups in total. The molecule has 7 nitrogen and oxygen atoms in total. The molecule has 1 aromatic rings. The van der Waals surface area contributed by atoms with Crippen molar-refractivity contribution >= 4 is 11.9 Å². The van der Waals surface area contributed by atoms with Crippen molar-refractivity contribution in [2.45, 2.75) is 38.3 Å². The fraction of sp³-hybridized carbons (Fsp3) is 0.429. The van der Waals surface area contributed by atoms with Crippen LogP contribution in [0.3, 0.4) is 0 Å². The highest BCUT2D eigenvalue weighted by Crippen LogP contribution is 2.25. The van der Waals surface area contributed by atoms with Gasteiger partial charge in [-0.1, -0.05) is 13.0 Å². The number of hydrogen-bond acceptors (Lipinski definition) is 5. The molecule has 0 fully saturated rings. The van der Waals surface area contributed by atoms with Gasteiger partial charge in [-0.15, -0.1) is 0 Å². The van der Waals surface area contributed by atoms with Crippen LogP contribution < -0.4 is 11.1 Å². The number of phenolic OH excluding ortho intramolecular Hbond substituents is 2. The number of amides is 1. The summed E-state index contributed by atoms with van der Waals surface area (Å²) in [6.45, 7) is 1.84. The Morgan fingerprint density at radius 2 is 1.95 bits per heavy atom. The highest BCUT2D eigenvalue weighted by atomic mass is 16.4. The fourth-order valence-electron chi connectivity index (χ4n) is 1.77. The number of carboxylic acids is 1. The molecule has 1 amide bonds. The number of hydrogen-bond donors (Lipinski definition) is 5. The van der Waals surface area contributed by atoms with Gasteiger partial charge in [0.15, 0.2) is 11.5 Å². The van der Waals surface area contributed by atoms with Gasteiger partial charge in [-0.05, 0) is 24.1 Å². The van der Waals surface area contributed by atoms with E-state index in [1.165, 1.54) is 18.2 Å². The molecule has 0 saturated heterocycles. The number of carbonyl (C=O) groups is 2. The number of aromatic hydroxyl groups is 2. The van der Waals surface area contributed by atoms with E-state index < -0.39 is 17.9 Å². The van der Waals surface area contributed by atoms with Crippen molar-refractivity contribution in [1.82, 2.24) is 5.32 Å². The Labute approximate surface area is 122 Å². The van der Waals surface area contributed by atoms with Crippen LogP contribution in [0, 0.1) is 0 Å². The lowest BCUT2D eigenvalue weighted by atomic mass is 10.0. The van der Waals surface area contributed by atoms with Gasteiger partial charge in [0.1, 0.15) is 6.04 Å². The predicted molar refractivity (Wildman–Crippen MR) is 75.9 cm³/mol. The summed E-state index contributed by atoms with van der Waals surface area (Å²) < 4.78 is 0. The van der Waals surface area contributed by atoms with Crippen LogP contribution in [0.2, 0.25) is 0 Å². The van der Waals surface area contributed by atoms with Crippen LogP contribution in [-0.4, -0.2) is 39.3 Å². The Morgan fingerprint density at radius 1 is 1.29 bits per heavy atom. The molecule has 0 aliphatic rings. The quantitative estimate of drug-likeness (QED) is 0.461. The number of aliphatic carboxylic acids is 1. The second kappa shape index (κ2) is 7.49. The molecule has 1 rings (SSSR count). The van der Waals surface area contributed by atoms with E-state index in [1.807, 2.05) is 6.92 Å². The molecule has 0 radical (unpaired) electrons. The van der Waals surface area contributed by atoms with Gasteiger partial charge in [0.25, 0.3) is 0 Å². The maximum atomic E-state index is 11.7. The molecular weight excluding hydrogens is 276 g/mol. The lowest BCUT2D eigenvalue weighted by Gasteiger charge is -2.16. The summed E-state index contributed by atoms with van der Waals surface area (Å²) in [6, 6.07) is 2.57. The van der Waals surface area contributed by atoms with Gasteiger partial charge in [0.2, 0.25) is 5.91 Å². The standard InChI is InChI=1S/C14H20N2O5/c1-2-9(15)7-13(19)16-10(14(20)21)5-8-3-4-11(17)12(18)6-8/h3-4,6,9-10,17-18H,2,5,7,15H2,1H3,(H,16,19)(H,20,21). The van der Waals surface area contributed by atoms with E-state index in [2.05, 4.69) is 5.32 Å². The average Bonchev–Trinajstić information content (AvgIpc) is 2.41. The zero-order valence-corrected chi connectivity index (χ0v) is 11.7. The Balaban J connectivity index is 2.71. The van der Waals surface area contributed by atoms with E-state index >= 15 is 0 Å². The van der Waals surface area contributed by atoms with Gasteiger partial charge in [-0.2, -0.15) is 0 Å². The number of nitrogens with one attached hydrogen (secondary N) is 1. The van der Waals surface area contributed by atoms with E-state index in [-0.39, 0.29) is 30.4 Å².